The highest BCUT2D eigenvalue weighted by molar-refractivity contribution is 5.91. The minimum atomic E-state index is -1.00. The summed E-state index contributed by atoms with van der Waals surface area (Å²) in [5, 5.41) is 14.5. The van der Waals surface area contributed by atoms with Crippen LogP contribution in [0.2, 0.25) is 0 Å². The third kappa shape index (κ3) is 3.97. The van der Waals surface area contributed by atoms with Gasteiger partial charge in [-0.3, -0.25) is 4.79 Å². The van der Waals surface area contributed by atoms with Gasteiger partial charge in [0.25, 0.3) is 5.56 Å². The lowest BCUT2D eigenvalue weighted by Crippen LogP contribution is -2.58. The minimum Gasteiger partial charge on any atom is -0.462 e. The molecule has 0 bridgehead atoms. The number of pyridine rings is 1. The maximum Gasteiger partial charge on any atom is 0.339 e. The van der Waals surface area contributed by atoms with Gasteiger partial charge in [0, 0.05) is 24.2 Å². The number of hydrogen-bond acceptors (Lipinski definition) is 5. The molecule has 2 N–H and O–H groups in total. The van der Waals surface area contributed by atoms with Gasteiger partial charge >= 0.3 is 5.97 Å². The quantitative estimate of drug-likeness (QED) is 0.759. The van der Waals surface area contributed by atoms with Crippen LogP contribution in [-0.2, 0) is 11.3 Å². The Kier molecular flexibility index (Phi) is 6.20. The van der Waals surface area contributed by atoms with E-state index < -0.39 is 11.6 Å². The molecular weight excluding hydrogens is 356 g/mol. The summed E-state index contributed by atoms with van der Waals surface area (Å²) in [5.41, 5.74) is -0.299. The molecule has 26 heavy (non-hydrogen) atoms. The first-order chi connectivity index (χ1) is 11.8. The summed E-state index contributed by atoms with van der Waals surface area (Å²) in [5.74, 6) is -0.116. The normalized spacial score (nSPS) is 24.6. The van der Waals surface area contributed by atoms with Gasteiger partial charge < -0.3 is 19.7 Å². The van der Waals surface area contributed by atoms with Gasteiger partial charge in [0.1, 0.15) is 0 Å². The molecule has 1 aliphatic heterocycles. The molecular formula is C19H29ClN2O4. The Hall–Kier alpha value is -1.37. The third-order valence-electron chi connectivity index (χ3n) is 5.64. The Balaban J connectivity index is 0.00000243. The number of aliphatic hydroxyl groups is 1. The van der Waals surface area contributed by atoms with Gasteiger partial charge in [0.15, 0.2) is 0 Å². The van der Waals surface area contributed by atoms with E-state index in [1.165, 1.54) is 4.57 Å². The molecule has 2 heterocycles. The predicted octanol–water partition coefficient (Wildman–Crippen LogP) is 2.07. The second-order valence-corrected chi connectivity index (χ2v) is 7.95. The fraction of sp³-hybridized carbons (Fsp3) is 0.684. The van der Waals surface area contributed by atoms with E-state index in [2.05, 4.69) is 5.32 Å². The molecule has 0 aromatic carbocycles. The van der Waals surface area contributed by atoms with E-state index in [-0.39, 0.29) is 35.8 Å². The molecule has 0 amide bonds. The molecule has 0 spiro atoms. The molecule has 0 radical (unpaired) electrons. The average Bonchev–Trinajstić information content (AvgIpc) is 3.37. The van der Waals surface area contributed by atoms with Gasteiger partial charge in [-0.25, -0.2) is 4.79 Å². The maximum atomic E-state index is 12.6. The van der Waals surface area contributed by atoms with Crippen molar-refractivity contribution >= 4 is 18.4 Å². The zero-order chi connectivity index (χ0) is 18.2. The lowest BCUT2D eigenvalue weighted by atomic mass is 9.70. The molecule has 2 aliphatic rings. The topological polar surface area (TPSA) is 80.6 Å². The Bertz CT molecular complexity index is 727. The number of aromatic nitrogens is 1. The minimum absolute atomic E-state index is 0. The van der Waals surface area contributed by atoms with Crippen molar-refractivity contribution in [2.45, 2.75) is 58.1 Å². The van der Waals surface area contributed by atoms with Gasteiger partial charge in [0.2, 0.25) is 0 Å². The number of nitrogens with zero attached hydrogens (tertiary/aromatic N) is 1. The Morgan fingerprint density at radius 2 is 2.12 bits per heavy atom. The molecule has 1 aromatic rings. The molecule has 3 rings (SSSR count). The Morgan fingerprint density at radius 1 is 1.42 bits per heavy atom. The van der Waals surface area contributed by atoms with Crippen LogP contribution in [0.3, 0.4) is 0 Å². The van der Waals surface area contributed by atoms with Crippen molar-refractivity contribution in [1.82, 2.24) is 9.88 Å². The van der Waals surface area contributed by atoms with E-state index in [0.29, 0.717) is 31.7 Å². The summed E-state index contributed by atoms with van der Waals surface area (Å²) >= 11 is 0. The molecule has 2 fully saturated rings. The van der Waals surface area contributed by atoms with Crippen LogP contribution in [0.4, 0.5) is 0 Å². The van der Waals surface area contributed by atoms with Crippen molar-refractivity contribution in [2.75, 3.05) is 19.7 Å². The number of halogens is 1. The Labute approximate surface area is 160 Å². The Morgan fingerprint density at radius 3 is 2.69 bits per heavy atom. The first kappa shape index (κ1) is 20.9. The van der Waals surface area contributed by atoms with Crippen LogP contribution in [0.5, 0.6) is 0 Å². The lowest BCUT2D eigenvalue weighted by Gasteiger charge is -2.47. The number of ether oxygens (including phenoxy) is 1. The summed E-state index contributed by atoms with van der Waals surface area (Å²) < 4.78 is 6.65. The third-order valence-corrected chi connectivity index (χ3v) is 5.64. The summed E-state index contributed by atoms with van der Waals surface area (Å²) in [6, 6.07) is 1.56. The molecule has 1 atom stereocenters. The van der Waals surface area contributed by atoms with E-state index >= 15 is 0 Å². The predicted molar refractivity (Wildman–Crippen MR) is 102 cm³/mol. The zero-order valence-corrected chi connectivity index (χ0v) is 16.5. The van der Waals surface area contributed by atoms with Crippen molar-refractivity contribution < 1.29 is 14.6 Å². The number of piperidine rings is 1. The van der Waals surface area contributed by atoms with E-state index in [1.54, 1.807) is 19.2 Å². The van der Waals surface area contributed by atoms with E-state index in [1.807, 2.05) is 13.8 Å². The molecule has 0 unspecified atom stereocenters. The smallest absolute Gasteiger partial charge is 0.339 e. The largest absolute Gasteiger partial charge is 0.462 e. The summed E-state index contributed by atoms with van der Waals surface area (Å²) in [6.45, 7) is 7.63. The standard InChI is InChI=1S/C19H28N2O4.ClH/c1-4-25-17(23)15-10-21(16(22)9-14(15)13-5-6-13)12-19(24)7-8-20-11-18(19,2)3;/h9-10,13,20,24H,4-8,11-12H2,1-3H3;1H/t19-;/m1./s1. The fourth-order valence-corrected chi connectivity index (χ4v) is 3.60. The fourth-order valence-electron chi connectivity index (χ4n) is 3.60. The van der Waals surface area contributed by atoms with Crippen LogP contribution in [0.1, 0.15) is 61.9 Å². The van der Waals surface area contributed by atoms with Gasteiger partial charge in [-0.15, -0.1) is 12.4 Å². The second-order valence-electron chi connectivity index (χ2n) is 7.95. The molecule has 1 saturated heterocycles. The highest BCUT2D eigenvalue weighted by atomic mass is 35.5. The van der Waals surface area contributed by atoms with Crippen molar-refractivity contribution in [3.63, 3.8) is 0 Å². The van der Waals surface area contributed by atoms with Crippen LogP contribution in [-0.4, -0.2) is 40.9 Å². The monoisotopic (exact) mass is 384 g/mol. The van der Waals surface area contributed by atoms with Crippen LogP contribution in [0, 0.1) is 5.41 Å². The van der Waals surface area contributed by atoms with E-state index in [9.17, 15) is 14.7 Å². The molecule has 1 aliphatic carbocycles. The van der Waals surface area contributed by atoms with Gasteiger partial charge in [-0.1, -0.05) is 13.8 Å². The molecule has 146 valence electrons. The molecule has 1 saturated carbocycles. The highest BCUT2D eigenvalue weighted by Crippen LogP contribution is 2.41. The SMILES string of the molecule is CCOC(=O)c1cn(C[C@]2(O)CCNCC2(C)C)c(=O)cc1C1CC1.Cl. The van der Waals surface area contributed by atoms with Crippen molar-refractivity contribution in [3.05, 3.63) is 33.7 Å². The number of hydrogen-bond donors (Lipinski definition) is 2. The van der Waals surface area contributed by atoms with Crippen molar-refractivity contribution in [1.29, 1.82) is 0 Å². The summed E-state index contributed by atoms with van der Waals surface area (Å²) in [4.78, 5) is 25.0. The van der Waals surface area contributed by atoms with Crippen LogP contribution in [0.15, 0.2) is 17.1 Å². The van der Waals surface area contributed by atoms with Gasteiger partial charge in [-0.2, -0.15) is 0 Å². The molecule has 6 nitrogen and oxygen atoms in total. The van der Waals surface area contributed by atoms with Gasteiger partial charge in [0.05, 0.1) is 24.3 Å². The van der Waals surface area contributed by atoms with Crippen LogP contribution >= 0.6 is 12.4 Å². The van der Waals surface area contributed by atoms with Crippen LogP contribution in [0.25, 0.3) is 0 Å². The number of carbonyl (C=O) groups excluding carboxylic acids is 1. The van der Waals surface area contributed by atoms with E-state index in [0.717, 1.165) is 18.4 Å². The number of nitrogens with one attached hydrogen (secondary N) is 1. The van der Waals surface area contributed by atoms with Crippen molar-refractivity contribution in [3.8, 4) is 0 Å². The zero-order valence-electron chi connectivity index (χ0n) is 15.7. The summed E-state index contributed by atoms with van der Waals surface area (Å²) in [6.07, 6.45) is 4.15. The maximum absolute atomic E-state index is 12.6. The summed E-state index contributed by atoms with van der Waals surface area (Å²) in [7, 11) is 0. The number of esters is 1. The second kappa shape index (κ2) is 7.71. The average molecular weight is 385 g/mol. The first-order valence-corrected chi connectivity index (χ1v) is 9.12. The molecule has 7 heteroatoms. The van der Waals surface area contributed by atoms with Crippen LogP contribution < -0.4 is 10.9 Å². The van der Waals surface area contributed by atoms with Crippen molar-refractivity contribution in [2.24, 2.45) is 5.41 Å². The molecule has 1 aromatic heterocycles. The lowest BCUT2D eigenvalue weighted by molar-refractivity contribution is -0.0998. The number of rotatable bonds is 5. The van der Waals surface area contributed by atoms with E-state index in [4.69, 9.17) is 4.74 Å². The van der Waals surface area contributed by atoms with Gasteiger partial charge in [-0.05, 0) is 44.2 Å². The highest BCUT2D eigenvalue weighted by Gasteiger charge is 2.45. The number of carbonyl (C=O) groups is 1. The first-order valence-electron chi connectivity index (χ1n) is 9.12.